The minimum absolute atomic E-state index is 0.0325. The number of fused-ring (bicyclic) bond motifs is 1. The molecule has 0 aromatic heterocycles. The van der Waals surface area contributed by atoms with Gasteiger partial charge in [-0.2, -0.15) is 11.8 Å². The van der Waals surface area contributed by atoms with Crippen LogP contribution in [0.15, 0.2) is 0 Å². The van der Waals surface area contributed by atoms with Crippen LogP contribution < -0.4 is 0 Å². The summed E-state index contributed by atoms with van der Waals surface area (Å²) < 4.78 is 10.9. The van der Waals surface area contributed by atoms with Crippen molar-refractivity contribution in [1.82, 2.24) is 9.80 Å². The van der Waals surface area contributed by atoms with Crippen LogP contribution in [-0.2, 0) is 9.47 Å². The van der Waals surface area contributed by atoms with Crippen LogP contribution in [0.1, 0.15) is 48.0 Å². The molecule has 138 valence electrons. The lowest BCUT2D eigenvalue weighted by Gasteiger charge is -2.31. The van der Waals surface area contributed by atoms with Crippen molar-refractivity contribution in [3.63, 3.8) is 0 Å². The van der Waals surface area contributed by atoms with E-state index in [1.165, 1.54) is 0 Å². The Balaban J connectivity index is 2.12. The highest BCUT2D eigenvalue weighted by atomic mass is 32.2. The van der Waals surface area contributed by atoms with Crippen LogP contribution >= 0.6 is 11.8 Å². The predicted octanol–water partition coefficient (Wildman–Crippen LogP) is 3.35. The Bertz CT molecular complexity index is 512. The fourth-order valence-electron chi connectivity index (χ4n) is 3.27. The number of thioether (sulfide) groups is 1. The minimum Gasteiger partial charge on any atom is -0.444 e. The maximum absolute atomic E-state index is 12.5. The zero-order chi connectivity index (χ0) is 18.3. The average molecular weight is 359 g/mol. The van der Waals surface area contributed by atoms with E-state index in [-0.39, 0.29) is 23.0 Å². The van der Waals surface area contributed by atoms with Gasteiger partial charge >= 0.3 is 12.2 Å². The van der Waals surface area contributed by atoms with E-state index in [1.54, 1.807) is 21.6 Å². The van der Waals surface area contributed by atoms with E-state index in [9.17, 15) is 9.59 Å². The molecule has 0 saturated carbocycles. The van der Waals surface area contributed by atoms with Crippen molar-refractivity contribution < 1.29 is 19.1 Å². The number of hydrogen-bond acceptors (Lipinski definition) is 5. The molecule has 2 aliphatic heterocycles. The van der Waals surface area contributed by atoms with Crippen LogP contribution in [0.3, 0.4) is 0 Å². The number of nitrogens with zero attached hydrogens (tertiary/aromatic N) is 2. The summed E-state index contributed by atoms with van der Waals surface area (Å²) >= 11 is 1.73. The van der Waals surface area contributed by atoms with Crippen LogP contribution in [0.25, 0.3) is 0 Å². The molecular formula is C17H30N2O4S. The smallest absolute Gasteiger partial charge is 0.410 e. The maximum atomic E-state index is 12.5. The van der Waals surface area contributed by atoms with Crippen molar-refractivity contribution in [2.24, 2.45) is 0 Å². The Labute approximate surface area is 149 Å². The van der Waals surface area contributed by atoms with Gasteiger partial charge in [0.1, 0.15) is 11.2 Å². The van der Waals surface area contributed by atoms with E-state index in [1.807, 2.05) is 47.8 Å². The summed E-state index contributed by atoms with van der Waals surface area (Å²) in [5.41, 5.74) is -1.04. The second-order valence-electron chi connectivity index (χ2n) is 8.57. The van der Waals surface area contributed by atoms with Crippen LogP contribution in [0.5, 0.6) is 0 Å². The summed E-state index contributed by atoms with van der Waals surface area (Å²) in [7, 11) is 0. The number of amides is 2. The first kappa shape index (κ1) is 19.2. The SMILES string of the molecule is CSC12CCN(C(=O)OC(C)(C)C)C1CN(C(=O)OC(C)(C)C)C2. The first-order valence-corrected chi connectivity index (χ1v) is 9.62. The van der Waals surface area contributed by atoms with Crippen molar-refractivity contribution in [2.45, 2.75) is 70.0 Å². The number of ether oxygens (including phenoxy) is 2. The lowest BCUT2D eigenvalue weighted by Crippen LogP contribution is -2.46. The van der Waals surface area contributed by atoms with E-state index in [4.69, 9.17) is 9.47 Å². The second-order valence-corrected chi connectivity index (χ2v) is 9.79. The zero-order valence-electron chi connectivity index (χ0n) is 15.8. The van der Waals surface area contributed by atoms with Gasteiger partial charge in [0, 0.05) is 19.6 Å². The standard InChI is InChI=1S/C17H30N2O4S/c1-15(2,3)22-13(20)18-10-12-17(11-18,24-7)8-9-19(12)14(21)23-16(4,5)6/h12H,8-11H2,1-7H3. The van der Waals surface area contributed by atoms with Gasteiger partial charge in [-0.15, -0.1) is 0 Å². The Morgan fingerprint density at radius 3 is 2.08 bits per heavy atom. The number of carbonyl (C=O) groups is 2. The van der Waals surface area contributed by atoms with Gasteiger partial charge in [0.05, 0.1) is 10.8 Å². The molecule has 2 rings (SSSR count). The van der Waals surface area contributed by atoms with Gasteiger partial charge in [0.2, 0.25) is 0 Å². The third-order valence-electron chi connectivity index (χ3n) is 4.30. The lowest BCUT2D eigenvalue weighted by molar-refractivity contribution is 0.0166. The summed E-state index contributed by atoms with van der Waals surface area (Å²) in [6.07, 6.45) is 2.30. The highest BCUT2D eigenvalue weighted by molar-refractivity contribution is 8.00. The maximum Gasteiger partial charge on any atom is 0.410 e. The number of hydrogen-bond donors (Lipinski definition) is 0. The number of rotatable bonds is 1. The molecule has 0 bridgehead atoms. The van der Waals surface area contributed by atoms with Crippen LogP contribution in [0, 0.1) is 0 Å². The molecule has 2 fully saturated rings. The Hall–Kier alpha value is -1.11. The molecule has 0 N–H and O–H groups in total. The minimum atomic E-state index is -0.523. The molecule has 0 spiro atoms. The quantitative estimate of drug-likeness (QED) is 0.719. The third-order valence-corrected chi connectivity index (χ3v) is 5.72. The molecule has 2 aliphatic rings. The van der Waals surface area contributed by atoms with E-state index < -0.39 is 11.2 Å². The van der Waals surface area contributed by atoms with Gasteiger partial charge in [0.15, 0.2) is 0 Å². The van der Waals surface area contributed by atoms with Gasteiger partial charge in [-0.3, -0.25) is 0 Å². The van der Waals surface area contributed by atoms with Crippen LogP contribution in [0.2, 0.25) is 0 Å². The van der Waals surface area contributed by atoms with Gasteiger partial charge < -0.3 is 19.3 Å². The van der Waals surface area contributed by atoms with E-state index in [0.717, 1.165) is 6.42 Å². The average Bonchev–Trinajstić information content (AvgIpc) is 2.89. The molecule has 0 aromatic rings. The molecule has 0 aromatic carbocycles. The van der Waals surface area contributed by atoms with Crippen LogP contribution in [-0.4, -0.2) is 69.9 Å². The molecule has 6 nitrogen and oxygen atoms in total. The summed E-state index contributed by atoms with van der Waals surface area (Å²) in [5, 5.41) is 0. The lowest BCUT2D eigenvalue weighted by atomic mass is 10.0. The molecule has 2 atom stereocenters. The van der Waals surface area contributed by atoms with Gasteiger partial charge in [-0.1, -0.05) is 0 Å². The molecule has 7 heteroatoms. The van der Waals surface area contributed by atoms with E-state index in [2.05, 4.69) is 0 Å². The van der Waals surface area contributed by atoms with Crippen LogP contribution in [0.4, 0.5) is 9.59 Å². The summed E-state index contributed by atoms with van der Waals surface area (Å²) in [6.45, 7) is 12.9. The number of carbonyl (C=O) groups excluding carboxylic acids is 2. The summed E-state index contributed by atoms with van der Waals surface area (Å²) in [4.78, 5) is 28.5. The Morgan fingerprint density at radius 2 is 1.58 bits per heavy atom. The van der Waals surface area contributed by atoms with Crippen molar-refractivity contribution in [3.8, 4) is 0 Å². The first-order chi connectivity index (χ1) is 10.9. The molecular weight excluding hydrogens is 328 g/mol. The molecule has 0 radical (unpaired) electrons. The molecule has 2 unspecified atom stereocenters. The van der Waals surface area contributed by atoms with E-state index >= 15 is 0 Å². The normalized spacial score (nSPS) is 27.2. The van der Waals surface area contributed by atoms with Gasteiger partial charge in [-0.25, -0.2) is 9.59 Å². The highest BCUT2D eigenvalue weighted by Gasteiger charge is 2.56. The fourth-order valence-corrected chi connectivity index (χ4v) is 4.32. The van der Waals surface area contributed by atoms with E-state index in [0.29, 0.717) is 19.6 Å². The predicted molar refractivity (Wildman–Crippen MR) is 95.4 cm³/mol. The van der Waals surface area contributed by atoms with Crippen molar-refractivity contribution in [2.75, 3.05) is 25.9 Å². The zero-order valence-corrected chi connectivity index (χ0v) is 16.7. The third kappa shape index (κ3) is 4.10. The monoisotopic (exact) mass is 358 g/mol. The van der Waals surface area contributed by atoms with Crippen molar-refractivity contribution in [3.05, 3.63) is 0 Å². The number of likely N-dealkylation sites (tertiary alicyclic amines) is 2. The van der Waals surface area contributed by atoms with Crippen molar-refractivity contribution in [1.29, 1.82) is 0 Å². The first-order valence-electron chi connectivity index (χ1n) is 8.40. The topological polar surface area (TPSA) is 59.1 Å². The fraction of sp³-hybridized carbons (Fsp3) is 0.882. The summed E-state index contributed by atoms with van der Waals surface area (Å²) in [6, 6.07) is -0.0325. The molecule has 0 aliphatic carbocycles. The molecule has 2 heterocycles. The molecule has 24 heavy (non-hydrogen) atoms. The van der Waals surface area contributed by atoms with Crippen molar-refractivity contribution >= 4 is 23.9 Å². The summed E-state index contributed by atoms with van der Waals surface area (Å²) in [5.74, 6) is 0. The molecule has 2 saturated heterocycles. The molecule has 2 amide bonds. The van der Waals surface area contributed by atoms with Gasteiger partial charge in [-0.05, 0) is 54.2 Å². The highest BCUT2D eigenvalue weighted by Crippen LogP contribution is 2.45. The second kappa shape index (κ2) is 6.32. The Morgan fingerprint density at radius 1 is 1.04 bits per heavy atom. The van der Waals surface area contributed by atoms with Gasteiger partial charge in [0.25, 0.3) is 0 Å². The largest absolute Gasteiger partial charge is 0.444 e. The Kier molecular flexibility index (Phi) is 5.06.